The van der Waals surface area contributed by atoms with E-state index in [-0.39, 0.29) is 11.0 Å². The van der Waals surface area contributed by atoms with Crippen molar-refractivity contribution in [1.82, 2.24) is 0 Å². The van der Waals surface area contributed by atoms with Crippen molar-refractivity contribution in [3.05, 3.63) is 69.6 Å². The van der Waals surface area contributed by atoms with Crippen LogP contribution in [-0.4, -0.2) is 6.73 Å². The Morgan fingerprint density at radius 2 is 1.77 bits per heavy atom. The van der Waals surface area contributed by atoms with Crippen molar-refractivity contribution in [3.63, 3.8) is 0 Å². The second-order valence-electron chi connectivity index (χ2n) is 7.94. The molecule has 0 bridgehead atoms. The van der Waals surface area contributed by atoms with Gasteiger partial charge < -0.3 is 14.1 Å². The van der Waals surface area contributed by atoms with Crippen LogP contribution in [0.15, 0.2) is 51.7 Å². The maximum atomic E-state index is 11.9. The molecule has 3 aromatic rings. The van der Waals surface area contributed by atoms with Crippen molar-refractivity contribution in [3.8, 4) is 5.75 Å². The lowest BCUT2D eigenvalue weighted by atomic mass is 9.87. The van der Waals surface area contributed by atoms with Crippen molar-refractivity contribution in [2.75, 3.05) is 11.6 Å². The molecule has 0 spiro atoms. The van der Waals surface area contributed by atoms with E-state index in [1.165, 1.54) is 11.6 Å². The van der Waals surface area contributed by atoms with Gasteiger partial charge in [-0.25, -0.2) is 4.79 Å². The van der Waals surface area contributed by atoms with Crippen LogP contribution in [0.1, 0.15) is 37.5 Å². The van der Waals surface area contributed by atoms with E-state index in [1.807, 2.05) is 19.1 Å². The van der Waals surface area contributed by atoms with Gasteiger partial charge in [0.2, 0.25) is 0 Å². The highest BCUT2D eigenvalue weighted by Gasteiger charge is 2.23. The van der Waals surface area contributed by atoms with Crippen molar-refractivity contribution < 1.29 is 9.15 Å². The molecule has 0 N–H and O–H groups in total. The predicted molar refractivity (Wildman–Crippen MR) is 104 cm³/mol. The van der Waals surface area contributed by atoms with Crippen LogP contribution in [0.25, 0.3) is 11.0 Å². The van der Waals surface area contributed by atoms with Crippen molar-refractivity contribution in [1.29, 1.82) is 0 Å². The van der Waals surface area contributed by atoms with E-state index in [0.717, 1.165) is 28.0 Å². The first-order chi connectivity index (χ1) is 12.3. The summed E-state index contributed by atoms with van der Waals surface area (Å²) in [5.41, 5.74) is 4.67. The van der Waals surface area contributed by atoms with Gasteiger partial charge in [0, 0.05) is 17.1 Å². The molecule has 0 unspecified atom stereocenters. The second-order valence-corrected chi connectivity index (χ2v) is 7.94. The van der Waals surface area contributed by atoms with Gasteiger partial charge in [0.1, 0.15) is 11.3 Å². The monoisotopic (exact) mass is 349 g/mol. The van der Waals surface area contributed by atoms with E-state index in [0.29, 0.717) is 18.9 Å². The molecule has 0 atom stereocenters. The molecule has 2 heterocycles. The minimum absolute atomic E-state index is 0.126. The summed E-state index contributed by atoms with van der Waals surface area (Å²) >= 11 is 0. The fraction of sp³-hybridized carbons (Fsp3) is 0.318. The van der Waals surface area contributed by atoms with Gasteiger partial charge in [-0.1, -0.05) is 32.9 Å². The van der Waals surface area contributed by atoms with E-state index in [9.17, 15) is 4.79 Å². The highest BCUT2D eigenvalue weighted by Crippen LogP contribution is 2.35. The van der Waals surface area contributed by atoms with Gasteiger partial charge >= 0.3 is 5.63 Å². The molecule has 0 saturated heterocycles. The van der Waals surface area contributed by atoms with Crippen molar-refractivity contribution in [2.24, 2.45) is 0 Å². The highest BCUT2D eigenvalue weighted by atomic mass is 16.5. The number of fused-ring (bicyclic) bond motifs is 3. The molecular weight excluding hydrogens is 326 g/mol. The molecular formula is C22H23NO3. The molecule has 134 valence electrons. The van der Waals surface area contributed by atoms with E-state index in [2.05, 4.69) is 49.9 Å². The Morgan fingerprint density at radius 1 is 1.04 bits per heavy atom. The van der Waals surface area contributed by atoms with Crippen molar-refractivity contribution in [2.45, 2.75) is 39.7 Å². The molecule has 2 aromatic carbocycles. The smallest absolute Gasteiger partial charge is 0.336 e. The SMILES string of the molecule is Cc1cc(=O)oc2c3c(ccc12)OCN(c1ccc(C(C)(C)C)cc1)C3. The zero-order chi connectivity index (χ0) is 18.5. The predicted octanol–water partition coefficient (Wildman–Crippen LogP) is 4.76. The standard InChI is InChI=1S/C22H23NO3/c1-14-11-20(24)26-21-17(14)9-10-19-18(21)12-23(13-25-19)16-7-5-15(6-8-16)22(2,3)4/h5-11H,12-13H2,1-4H3. The molecule has 4 heteroatoms. The Bertz CT molecular complexity index is 1030. The van der Waals surface area contributed by atoms with Gasteiger partial charge in [-0.15, -0.1) is 0 Å². The maximum absolute atomic E-state index is 11.9. The molecule has 0 aliphatic carbocycles. The minimum atomic E-state index is -0.324. The average Bonchev–Trinajstić information content (AvgIpc) is 2.60. The minimum Gasteiger partial charge on any atom is -0.473 e. The Hall–Kier alpha value is -2.75. The van der Waals surface area contributed by atoms with Crippen LogP contribution in [0.4, 0.5) is 5.69 Å². The Labute approximate surface area is 153 Å². The summed E-state index contributed by atoms with van der Waals surface area (Å²) in [5, 5.41) is 0.955. The molecule has 0 saturated carbocycles. The van der Waals surface area contributed by atoms with E-state index in [1.54, 1.807) is 0 Å². The first kappa shape index (κ1) is 16.7. The fourth-order valence-corrected chi connectivity index (χ4v) is 3.43. The van der Waals surface area contributed by atoms with Crippen LogP contribution in [0.2, 0.25) is 0 Å². The molecule has 26 heavy (non-hydrogen) atoms. The average molecular weight is 349 g/mol. The third-order valence-electron chi connectivity index (χ3n) is 5.00. The van der Waals surface area contributed by atoms with Gasteiger partial charge in [-0.2, -0.15) is 0 Å². The number of hydrogen-bond donors (Lipinski definition) is 0. The molecule has 0 radical (unpaired) electrons. The van der Waals surface area contributed by atoms with E-state index in [4.69, 9.17) is 9.15 Å². The lowest BCUT2D eigenvalue weighted by Crippen LogP contribution is -2.32. The van der Waals surface area contributed by atoms with Gasteiger partial charge in [0.15, 0.2) is 6.73 Å². The molecule has 0 amide bonds. The maximum Gasteiger partial charge on any atom is 0.336 e. The summed E-state index contributed by atoms with van der Waals surface area (Å²) in [6.45, 7) is 9.67. The lowest BCUT2D eigenvalue weighted by Gasteiger charge is -2.31. The van der Waals surface area contributed by atoms with Gasteiger partial charge in [-0.3, -0.25) is 0 Å². The largest absolute Gasteiger partial charge is 0.473 e. The van der Waals surface area contributed by atoms with E-state index < -0.39 is 0 Å². The van der Waals surface area contributed by atoms with Crippen LogP contribution in [0.3, 0.4) is 0 Å². The number of anilines is 1. The number of aryl methyl sites for hydroxylation is 1. The summed E-state index contributed by atoms with van der Waals surface area (Å²) < 4.78 is 11.5. The first-order valence-electron chi connectivity index (χ1n) is 8.87. The molecule has 1 aliphatic heterocycles. The van der Waals surface area contributed by atoms with Crippen LogP contribution in [0.5, 0.6) is 5.75 Å². The normalized spacial score (nSPS) is 14.2. The van der Waals surface area contributed by atoms with Gasteiger partial charge in [0.05, 0.1) is 12.1 Å². The third kappa shape index (κ3) is 2.85. The molecule has 1 aliphatic rings. The number of rotatable bonds is 1. The summed E-state index contributed by atoms with van der Waals surface area (Å²) in [7, 11) is 0. The lowest BCUT2D eigenvalue weighted by molar-refractivity contribution is 0.289. The number of hydrogen-bond acceptors (Lipinski definition) is 4. The Kier molecular flexibility index (Phi) is 3.79. The van der Waals surface area contributed by atoms with E-state index >= 15 is 0 Å². The zero-order valence-electron chi connectivity index (χ0n) is 15.6. The third-order valence-corrected chi connectivity index (χ3v) is 5.00. The number of ether oxygens (including phenoxy) is 1. The number of benzene rings is 2. The second kappa shape index (κ2) is 5.90. The summed E-state index contributed by atoms with van der Waals surface area (Å²) in [5.74, 6) is 0.786. The zero-order valence-corrected chi connectivity index (χ0v) is 15.6. The molecule has 4 rings (SSSR count). The van der Waals surface area contributed by atoms with Gasteiger partial charge in [-0.05, 0) is 47.7 Å². The van der Waals surface area contributed by atoms with Crippen LogP contribution < -0.4 is 15.3 Å². The summed E-state index contributed by atoms with van der Waals surface area (Å²) in [6.07, 6.45) is 0. The molecule has 1 aromatic heterocycles. The van der Waals surface area contributed by atoms with Crippen LogP contribution in [0, 0.1) is 6.92 Å². The van der Waals surface area contributed by atoms with Crippen LogP contribution in [-0.2, 0) is 12.0 Å². The summed E-state index contributed by atoms with van der Waals surface area (Å²) in [6, 6.07) is 14.0. The Morgan fingerprint density at radius 3 is 2.46 bits per heavy atom. The quantitative estimate of drug-likeness (QED) is 0.594. The Balaban J connectivity index is 1.73. The molecule has 4 nitrogen and oxygen atoms in total. The fourth-order valence-electron chi connectivity index (χ4n) is 3.43. The van der Waals surface area contributed by atoms with Gasteiger partial charge in [0.25, 0.3) is 0 Å². The number of nitrogens with zero attached hydrogens (tertiary/aromatic N) is 1. The highest BCUT2D eigenvalue weighted by molar-refractivity contribution is 5.85. The first-order valence-corrected chi connectivity index (χ1v) is 8.87. The summed E-state index contributed by atoms with van der Waals surface area (Å²) in [4.78, 5) is 14.0. The van der Waals surface area contributed by atoms with Crippen LogP contribution >= 0.6 is 0 Å². The topological polar surface area (TPSA) is 42.7 Å². The van der Waals surface area contributed by atoms with Crippen molar-refractivity contribution >= 4 is 16.7 Å². The molecule has 0 fully saturated rings.